The molecular weight excluding hydrogens is 519 g/mol. The first kappa shape index (κ1) is 26.1. The molecule has 0 amide bonds. The summed E-state index contributed by atoms with van der Waals surface area (Å²) in [4.78, 5) is 65.5. The lowest BCUT2D eigenvalue weighted by Gasteiger charge is -2.38. The number of nitrogens with two attached hydrogens (primary N) is 1. The maximum absolute atomic E-state index is 11.9. The first-order chi connectivity index (χ1) is 15.0. The number of aliphatic hydroxyl groups is 2. The number of aliphatic hydroxyl groups excluding tert-OH is 2. The number of rotatable bonds is 8. The van der Waals surface area contributed by atoms with Gasteiger partial charge in [-0.25, -0.2) is 9.29 Å². The number of anilines is 1. The average molecular weight is 533 g/mol. The van der Waals surface area contributed by atoms with E-state index < -0.39 is 59.7 Å². The summed E-state index contributed by atoms with van der Waals surface area (Å²) in [6.07, 6.45) is -7.44. The Bertz CT molecular complexity index is 1240. The molecule has 186 valence electrons. The van der Waals surface area contributed by atoms with Crippen molar-refractivity contribution in [3.63, 3.8) is 0 Å². The van der Waals surface area contributed by atoms with E-state index in [9.17, 15) is 48.3 Å². The summed E-state index contributed by atoms with van der Waals surface area (Å²) in [5.41, 5.74) is 4.41. The number of aromatic amines is 1. The molecule has 33 heavy (non-hydrogen) atoms. The minimum atomic E-state index is -6.20. The highest BCUT2D eigenvalue weighted by Gasteiger charge is 2.48. The molecule has 0 radical (unpaired) electrons. The molecule has 1 saturated heterocycles. The van der Waals surface area contributed by atoms with E-state index >= 15 is 0 Å². The van der Waals surface area contributed by atoms with Crippen LogP contribution in [0.1, 0.15) is 13.2 Å². The molecule has 19 nitrogen and oxygen atoms in total. The van der Waals surface area contributed by atoms with Gasteiger partial charge >= 0.3 is 0 Å². The molecule has 22 heteroatoms. The Balaban J connectivity index is 1.78. The third-order valence-electron chi connectivity index (χ3n) is 4.16. The molecule has 0 bridgehead atoms. The largest absolute Gasteiger partial charge is 0.790 e. The summed E-state index contributed by atoms with van der Waals surface area (Å²) in [6.45, 7) is 0.965. The zero-order chi connectivity index (χ0) is 24.9. The van der Waals surface area contributed by atoms with Crippen LogP contribution in [0.15, 0.2) is 11.1 Å². The number of fused-ring (bicyclic) bond motifs is 1. The maximum Gasteiger partial charge on any atom is 0.280 e. The summed E-state index contributed by atoms with van der Waals surface area (Å²) in [7, 11) is -18.3. The van der Waals surface area contributed by atoms with Crippen molar-refractivity contribution >= 4 is 40.6 Å². The van der Waals surface area contributed by atoms with Crippen molar-refractivity contribution in [1.29, 1.82) is 0 Å². The number of phosphoric acid groups is 3. The molecule has 0 saturated carbocycles. The van der Waals surface area contributed by atoms with Crippen molar-refractivity contribution < 1.29 is 61.4 Å². The highest BCUT2D eigenvalue weighted by Crippen LogP contribution is 2.61. The van der Waals surface area contributed by atoms with Gasteiger partial charge in [-0.3, -0.25) is 27.8 Å². The van der Waals surface area contributed by atoms with Gasteiger partial charge in [0.2, 0.25) is 5.95 Å². The second-order valence-electron chi connectivity index (χ2n) is 6.56. The van der Waals surface area contributed by atoms with Crippen LogP contribution < -0.4 is 30.9 Å². The van der Waals surface area contributed by atoms with Crippen LogP contribution in [0.2, 0.25) is 0 Å². The predicted molar refractivity (Wildman–Crippen MR) is 94.0 cm³/mol. The summed E-state index contributed by atoms with van der Waals surface area (Å²) < 4.78 is 50.8. The van der Waals surface area contributed by atoms with Gasteiger partial charge in [0.1, 0.15) is 18.3 Å². The molecule has 0 aromatic carbocycles. The van der Waals surface area contributed by atoms with Crippen LogP contribution in [0.25, 0.3) is 11.2 Å². The molecule has 0 aliphatic carbocycles. The normalized spacial score (nSPS) is 28.5. The van der Waals surface area contributed by atoms with Crippen LogP contribution >= 0.6 is 23.5 Å². The van der Waals surface area contributed by atoms with Crippen molar-refractivity contribution in [2.75, 3.05) is 5.73 Å². The molecule has 3 unspecified atom stereocenters. The van der Waals surface area contributed by atoms with Crippen molar-refractivity contribution in [2.24, 2.45) is 0 Å². The molecule has 2 aromatic rings. The number of nitrogens with one attached hydrogen (secondary N) is 1. The number of H-pyrrole nitrogens is 1. The Labute approximate surface area is 182 Å². The first-order valence-electron chi connectivity index (χ1n) is 8.49. The molecule has 1 fully saturated rings. The minimum absolute atomic E-state index is 0.149. The number of hydrogen-bond donors (Lipinski definition) is 4. The van der Waals surface area contributed by atoms with Gasteiger partial charge in [0.25, 0.3) is 21.2 Å². The summed E-state index contributed by atoms with van der Waals surface area (Å²) in [5.74, 6) is -0.301. The maximum atomic E-state index is 11.9. The van der Waals surface area contributed by atoms with Gasteiger partial charge < -0.3 is 49.3 Å². The molecule has 1 aliphatic heterocycles. The molecule has 1 aliphatic rings. The second-order valence-corrected chi connectivity index (χ2v) is 10.8. The van der Waals surface area contributed by atoms with Gasteiger partial charge in [-0.1, -0.05) is 0 Å². The van der Waals surface area contributed by atoms with Gasteiger partial charge in [-0.15, -0.1) is 0 Å². The van der Waals surface area contributed by atoms with Crippen LogP contribution in [-0.2, 0) is 31.6 Å². The highest BCUT2D eigenvalue weighted by atomic mass is 31.3. The second kappa shape index (κ2) is 8.90. The Kier molecular flexibility index (Phi) is 7.03. The topological polar surface area (TPSA) is 310 Å². The average Bonchev–Trinajstić information content (AvgIpc) is 3.13. The molecular formula is C11H14N5O14P3-4. The van der Waals surface area contributed by atoms with E-state index in [0.717, 1.165) is 17.8 Å². The van der Waals surface area contributed by atoms with Crippen molar-refractivity contribution in [3.8, 4) is 0 Å². The number of hydrogen-bond acceptors (Lipinski definition) is 17. The summed E-state index contributed by atoms with van der Waals surface area (Å²) >= 11 is 0. The summed E-state index contributed by atoms with van der Waals surface area (Å²) in [5, 5.41) is 20.6. The smallest absolute Gasteiger partial charge is 0.280 e. The lowest BCUT2D eigenvalue weighted by atomic mass is 10.1. The Morgan fingerprint density at radius 2 is 1.82 bits per heavy atom. The Morgan fingerprint density at radius 1 is 1.18 bits per heavy atom. The van der Waals surface area contributed by atoms with E-state index in [-0.39, 0.29) is 17.1 Å². The molecule has 5 N–H and O–H groups in total. The van der Waals surface area contributed by atoms with Gasteiger partial charge in [-0.2, -0.15) is 4.98 Å². The van der Waals surface area contributed by atoms with E-state index in [2.05, 4.69) is 28.1 Å². The number of ether oxygens (including phenoxy) is 1. The van der Waals surface area contributed by atoms with Crippen molar-refractivity contribution in [2.45, 2.75) is 37.6 Å². The quantitative estimate of drug-likeness (QED) is 0.232. The van der Waals surface area contributed by atoms with E-state index in [1.807, 2.05) is 0 Å². The van der Waals surface area contributed by atoms with E-state index in [4.69, 9.17) is 10.5 Å². The number of imidazole rings is 1. The van der Waals surface area contributed by atoms with Crippen LogP contribution in [0.4, 0.5) is 5.95 Å². The monoisotopic (exact) mass is 533 g/mol. The van der Waals surface area contributed by atoms with Gasteiger partial charge in [-0.05, 0) is 6.92 Å². The van der Waals surface area contributed by atoms with Crippen molar-refractivity contribution in [1.82, 2.24) is 19.5 Å². The van der Waals surface area contributed by atoms with Crippen molar-refractivity contribution in [3.05, 3.63) is 16.7 Å². The Morgan fingerprint density at radius 3 is 2.42 bits per heavy atom. The van der Waals surface area contributed by atoms with Crippen LogP contribution in [0.3, 0.4) is 0 Å². The molecule has 3 rings (SSSR count). The zero-order valence-corrected chi connectivity index (χ0v) is 18.7. The summed E-state index contributed by atoms with van der Waals surface area (Å²) in [6, 6.07) is 0. The molecule has 7 atom stereocenters. The lowest BCUT2D eigenvalue weighted by Crippen LogP contribution is -2.38. The van der Waals surface area contributed by atoms with Crippen LogP contribution in [-0.4, -0.2) is 54.1 Å². The first-order valence-corrected chi connectivity index (χ1v) is 12.9. The number of phosphoric ester groups is 1. The third-order valence-corrected chi connectivity index (χ3v) is 7.95. The van der Waals surface area contributed by atoms with Gasteiger partial charge in [0.05, 0.1) is 20.3 Å². The molecule has 2 aromatic heterocycles. The third kappa shape index (κ3) is 5.93. The minimum Gasteiger partial charge on any atom is -0.790 e. The standard InChI is InChI=1S/C11H18N5O14P3/c1-3(28-32(23,24)30-33(25,26)29-31(20,21)22)7-5(17)6(18)10(27-7)16-2-13-4-8(16)14-11(12)15-9(4)19/h2-3,5-7,10,17-18H,1H3,(H,23,24)(H,25,26)(H2,20,21,22)(H3,12,14,15,19)/p-4/t3-,5-,6?,7-,10-/m1/s1. The van der Waals surface area contributed by atoms with Gasteiger partial charge in [0, 0.05) is 0 Å². The lowest BCUT2D eigenvalue weighted by molar-refractivity contribution is -0.339. The highest BCUT2D eigenvalue weighted by molar-refractivity contribution is 7.64. The fraction of sp³-hybridized carbons (Fsp3) is 0.545. The molecule has 3 heterocycles. The van der Waals surface area contributed by atoms with Crippen LogP contribution in [0.5, 0.6) is 0 Å². The van der Waals surface area contributed by atoms with Crippen LogP contribution in [0, 0.1) is 0 Å². The number of aromatic nitrogens is 4. The number of nitrogen functional groups attached to an aromatic ring is 1. The van der Waals surface area contributed by atoms with E-state index in [0.29, 0.717) is 0 Å². The fourth-order valence-corrected chi connectivity index (χ4v) is 6.00. The predicted octanol–water partition coefficient (Wildman–Crippen LogP) is -4.48. The van der Waals surface area contributed by atoms with Gasteiger partial charge in [0.15, 0.2) is 17.4 Å². The molecule has 0 spiro atoms. The Hall–Kier alpha value is -1.56. The fourth-order valence-electron chi connectivity index (χ4n) is 2.98. The van der Waals surface area contributed by atoms with E-state index in [1.54, 1.807) is 0 Å². The number of nitrogens with zero attached hydrogens (tertiary/aromatic N) is 3. The zero-order valence-electron chi connectivity index (χ0n) is 16.0. The SMILES string of the molecule is C[C@@H](OP(=O)([O-])OP(=O)([O-])OP(=O)([O-])[O-])[C@H]1O[C@@H](n2cnc3c(=O)[nH]c(N)nc32)C(O)[C@H]1O. The van der Waals surface area contributed by atoms with E-state index in [1.165, 1.54) is 0 Å².